The molecule has 2 fully saturated rings. The summed E-state index contributed by atoms with van der Waals surface area (Å²) in [5.41, 5.74) is 0.526. The SMILES string of the molecule is O=Cc1c(Cl)cccc1OCC1CCC2(CCCCC2)O1. The maximum absolute atomic E-state index is 11.1. The fraction of sp³-hybridized carbons (Fsp3) is 0.588. The predicted octanol–water partition coefficient (Wildman–Crippen LogP) is 4.41. The van der Waals surface area contributed by atoms with Gasteiger partial charge >= 0.3 is 0 Å². The Morgan fingerprint density at radius 2 is 2.10 bits per heavy atom. The van der Waals surface area contributed by atoms with Crippen LogP contribution in [0.1, 0.15) is 55.3 Å². The van der Waals surface area contributed by atoms with Gasteiger partial charge in [-0.2, -0.15) is 0 Å². The summed E-state index contributed by atoms with van der Waals surface area (Å²) in [4.78, 5) is 11.1. The second-order valence-electron chi connectivity index (χ2n) is 6.10. The molecule has 21 heavy (non-hydrogen) atoms. The first-order valence-corrected chi connectivity index (χ1v) is 8.15. The summed E-state index contributed by atoms with van der Waals surface area (Å²) >= 11 is 6.00. The van der Waals surface area contributed by atoms with E-state index in [1.807, 2.05) is 0 Å². The molecule has 1 unspecified atom stereocenters. The van der Waals surface area contributed by atoms with E-state index in [0.29, 0.717) is 22.9 Å². The van der Waals surface area contributed by atoms with E-state index in [1.54, 1.807) is 18.2 Å². The third-order valence-electron chi connectivity index (χ3n) is 4.66. The van der Waals surface area contributed by atoms with Crippen molar-refractivity contribution in [3.8, 4) is 5.75 Å². The molecule has 0 aromatic heterocycles. The lowest BCUT2D eigenvalue weighted by Gasteiger charge is -2.33. The van der Waals surface area contributed by atoms with E-state index in [2.05, 4.69) is 0 Å². The van der Waals surface area contributed by atoms with E-state index < -0.39 is 0 Å². The lowest BCUT2D eigenvalue weighted by molar-refractivity contribution is -0.0749. The van der Waals surface area contributed by atoms with Crippen molar-refractivity contribution in [2.45, 2.75) is 56.7 Å². The Morgan fingerprint density at radius 1 is 1.29 bits per heavy atom. The minimum absolute atomic E-state index is 0.105. The second kappa shape index (κ2) is 6.37. The van der Waals surface area contributed by atoms with Crippen LogP contribution in [0.3, 0.4) is 0 Å². The van der Waals surface area contributed by atoms with Crippen molar-refractivity contribution in [3.05, 3.63) is 28.8 Å². The van der Waals surface area contributed by atoms with E-state index >= 15 is 0 Å². The van der Waals surface area contributed by atoms with Gasteiger partial charge in [0.25, 0.3) is 0 Å². The molecule has 2 aliphatic rings. The zero-order valence-corrected chi connectivity index (χ0v) is 12.9. The highest BCUT2D eigenvalue weighted by Crippen LogP contribution is 2.42. The molecule has 0 radical (unpaired) electrons. The van der Waals surface area contributed by atoms with Crippen molar-refractivity contribution >= 4 is 17.9 Å². The number of hydrogen-bond acceptors (Lipinski definition) is 3. The van der Waals surface area contributed by atoms with Crippen LogP contribution in [-0.4, -0.2) is 24.6 Å². The number of halogens is 1. The van der Waals surface area contributed by atoms with E-state index in [0.717, 1.165) is 19.1 Å². The molecule has 4 heteroatoms. The molecule has 0 N–H and O–H groups in total. The molecule has 1 saturated heterocycles. The topological polar surface area (TPSA) is 35.5 Å². The largest absolute Gasteiger partial charge is 0.490 e. The van der Waals surface area contributed by atoms with Gasteiger partial charge in [-0.15, -0.1) is 0 Å². The third-order valence-corrected chi connectivity index (χ3v) is 4.99. The molecule has 1 aromatic carbocycles. The summed E-state index contributed by atoms with van der Waals surface area (Å²) in [6.07, 6.45) is 9.29. The van der Waals surface area contributed by atoms with Crippen molar-refractivity contribution < 1.29 is 14.3 Å². The first kappa shape index (κ1) is 14.9. The van der Waals surface area contributed by atoms with Crippen molar-refractivity contribution in [1.82, 2.24) is 0 Å². The fourth-order valence-electron chi connectivity index (χ4n) is 3.52. The number of aldehydes is 1. The van der Waals surface area contributed by atoms with Gasteiger partial charge in [-0.05, 0) is 37.8 Å². The minimum Gasteiger partial charge on any atom is -0.490 e. The Bertz CT molecular complexity index is 509. The highest BCUT2D eigenvalue weighted by molar-refractivity contribution is 6.33. The standard InChI is InChI=1S/C17H21ClO3/c18-15-5-4-6-16(14(15)11-19)20-12-13-7-10-17(21-13)8-2-1-3-9-17/h4-6,11,13H,1-3,7-10,12H2. The lowest BCUT2D eigenvalue weighted by Crippen LogP contribution is -2.32. The Morgan fingerprint density at radius 3 is 2.86 bits per heavy atom. The van der Waals surface area contributed by atoms with E-state index in [4.69, 9.17) is 21.1 Å². The first-order valence-electron chi connectivity index (χ1n) is 7.77. The maximum Gasteiger partial charge on any atom is 0.155 e. The van der Waals surface area contributed by atoms with Crippen LogP contribution in [0.25, 0.3) is 0 Å². The maximum atomic E-state index is 11.1. The van der Waals surface area contributed by atoms with Gasteiger partial charge in [-0.25, -0.2) is 0 Å². The molecule has 0 bridgehead atoms. The van der Waals surface area contributed by atoms with Crippen LogP contribution in [0.2, 0.25) is 5.02 Å². The van der Waals surface area contributed by atoms with Gasteiger partial charge in [0, 0.05) is 0 Å². The number of hydrogen-bond donors (Lipinski definition) is 0. The fourth-order valence-corrected chi connectivity index (χ4v) is 3.73. The first-order chi connectivity index (χ1) is 10.2. The van der Waals surface area contributed by atoms with Crippen LogP contribution >= 0.6 is 11.6 Å². The van der Waals surface area contributed by atoms with Crippen molar-refractivity contribution in [2.24, 2.45) is 0 Å². The molecule has 1 saturated carbocycles. The van der Waals surface area contributed by atoms with Gasteiger partial charge in [0.15, 0.2) is 6.29 Å². The van der Waals surface area contributed by atoms with Crippen molar-refractivity contribution in [3.63, 3.8) is 0 Å². The predicted molar refractivity (Wildman–Crippen MR) is 82.3 cm³/mol. The molecule has 1 spiro atoms. The van der Waals surface area contributed by atoms with Crippen LogP contribution < -0.4 is 4.74 Å². The minimum atomic E-state index is 0.105. The van der Waals surface area contributed by atoms with Crippen LogP contribution in [0.5, 0.6) is 5.75 Å². The monoisotopic (exact) mass is 308 g/mol. The molecule has 1 aliphatic heterocycles. The number of benzene rings is 1. The molecule has 1 atom stereocenters. The molecule has 3 nitrogen and oxygen atoms in total. The van der Waals surface area contributed by atoms with E-state index in [9.17, 15) is 4.79 Å². The van der Waals surface area contributed by atoms with Crippen molar-refractivity contribution in [1.29, 1.82) is 0 Å². The molecular formula is C17H21ClO3. The van der Waals surface area contributed by atoms with Crippen molar-refractivity contribution in [2.75, 3.05) is 6.61 Å². The highest BCUT2D eigenvalue weighted by Gasteiger charge is 2.40. The lowest BCUT2D eigenvalue weighted by atomic mass is 9.83. The number of carbonyl (C=O) groups excluding carboxylic acids is 1. The summed E-state index contributed by atoms with van der Waals surface area (Å²) < 4.78 is 12.1. The van der Waals surface area contributed by atoms with Gasteiger partial charge in [-0.1, -0.05) is 36.9 Å². The molecule has 3 rings (SSSR count). The molecule has 1 heterocycles. The second-order valence-corrected chi connectivity index (χ2v) is 6.51. The van der Waals surface area contributed by atoms with Gasteiger partial charge in [-0.3, -0.25) is 4.79 Å². The number of carbonyl (C=O) groups is 1. The van der Waals surface area contributed by atoms with Gasteiger partial charge in [0.1, 0.15) is 12.4 Å². The molecule has 114 valence electrons. The summed E-state index contributed by atoms with van der Waals surface area (Å²) in [6, 6.07) is 5.27. The molecular weight excluding hydrogens is 288 g/mol. The molecule has 1 aliphatic carbocycles. The normalized spacial score (nSPS) is 24.1. The number of ether oxygens (including phenoxy) is 2. The Balaban J connectivity index is 1.59. The third kappa shape index (κ3) is 3.24. The van der Waals surface area contributed by atoms with E-state index in [1.165, 1.54) is 32.1 Å². The summed E-state index contributed by atoms with van der Waals surface area (Å²) in [7, 11) is 0. The zero-order chi connectivity index (χ0) is 14.7. The Labute approximate surface area is 130 Å². The smallest absolute Gasteiger partial charge is 0.155 e. The van der Waals surface area contributed by atoms with E-state index in [-0.39, 0.29) is 11.7 Å². The Hall–Kier alpha value is -1.06. The summed E-state index contributed by atoms with van der Waals surface area (Å²) in [6.45, 7) is 0.489. The van der Waals surface area contributed by atoms with Crippen LogP contribution in [0, 0.1) is 0 Å². The summed E-state index contributed by atoms with van der Waals surface area (Å²) in [5, 5.41) is 0.429. The quantitative estimate of drug-likeness (QED) is 0.773. The molecule has 0 amide bonds. The average molecular weight is 309 g/mol. The van der Waals surface area contributed by atoms with Gasteiger partial charge < -0.3 is 9.47 Å². The van der Waals surface area contributed by atoms with Gasteiger partial charge in [0.2, 0.25) is 0 Å². The zero-order valence-electron chi connectivity index (χ0n) is 12.1. The van der Waals surface area contributed by atoms with Crippen LogP contribution in [0.4, 0.5) is 0 Å². The van der Waals surface area contributed by atoms with Crippen LogP contribution in [-0.2, 0) is 4.74 Å². The molecule has 1 aromatic rings. The Kier molecular flexibility index (Phi) is 4.51. The van der Waals surface area contributed by atoms with Gasteiger partial charge in [0.05, 0.1) is 22.3 Å². The van der Waals surface area contributed by atoms with Crippen LogP contribution in [0.15, 0.2) is 18.2 Å². The number of rotatable bonds is 4. The highest BCUT2D eigenvalue weighted by atomic mass is 35.5. The summed E-state index contributed by atoms with van der Waals surface area (Å²) in [5.74, 6) is 0.547. The average Bonchev–Trinajstić information content (AvgIpc) is 2.88.